The predicted molar refractivity (Wildman–Crippen MR) is 68.5 cm³/mol. The number of terminal acetylenes is 1. The van der Waals surface area contributed by atoms with Crippen LogP contribution in [0, 0.1) is 12.3 Å². The Labute approximate surface area is 105 Å². The molecule has 0 aliphatic heterocycles. The Morgan fingerprint density at radius 3 is 2.61 bits per heavy atom. The van der Waals surface area contributed by atoms with Gasteiger partial charge < -0.3 is 15.7 Å². The Morgan fingerprint density at radius 2 is 2.06 bits per heavy atom. The van der Waals surface area contributed by atoms with Gasteiger partial charge in [0.15, 0.2) is 0 Å². The van der Waals surface area contributed by atoms with E-state index in [1.54, 1.807) is 26.0 Å². The molecule has 0 atom stereocenters. The van der Waals surface area contributed by atoms with Crippen LogP contribution >= 0.6 is 0 Å². The SMILES string of the molecule is C#CC(C)(C)NC(=O)Nc1cccc(C(=O)O)c1. The van der Waals surface area contributed by atoms with Crippen LogP contribution in [0.3, 0.4) is 0 Å². The average Bonchev–Trinajstić information content (AvgIpc) is 2.28. The summed E-state index contributed by atoms with van der Waals surface area (Å²) in [5, 5.41) is 13.9. The molecule has 0 heterocycles. The molecular formula is C13H14N2O3. The van der Waals surface area contributed by atoms with Crippen molar-refractivity contribution in [3.8, 4) is 12.3 Å². The summed E-state index contributed by atoms with van der Waals surface area (Å²) in [6.07, 6.45) is 5.24. The summed E-state index contributed by atoms with van der Waals surface area (Å²) in [5.41, 5.74) is -0.279. The normalized spacial score (nSPS) is 10.3. The van der Waals surface area contributed by atoms with Gasteiger partial charge in [0.05, 0.1) is 11.1 Å². The molecule has 0 unspecified atom stereocenters. The molecule has 2 amide bonds. The van der Waals surface area contributed by atoms with Crippen LogP contribution in [0.15, 0.2) is 24.3 Å². The van der Waals surface area contributed by atoms with E-state index in [-0.39, 0.29) is 5.56 Å². The van der Waals surface area contributed by atoms with Crippen LogP contribution in [0.4, 0.5) is 10.5 Å². The highest BCUT2D eigenvalue weighted by atomic mass is 16.4. The second-order valence-electron chi connectivity index (χ2n) is 4.23. The minimum atomic E-state index is -1.05. The Bertz CT molecular complexity index is 515. The van der Waals surface area contributed by atoms with Crippen LogP contribution in [0.1, 0.15) is 24.2 Å². The number of amides is 2. The van der Waals surface area contributed by atoms with E-state index >= 15 is 0 Å². The number of urea groups is 1. The summed E-state index contributed by atoms with van der Waals surface area (Å²) in [6.45, 7) is 3.36. The average molecular weight is 246 g/mol. The maximum atomic E-state index is 11.6. The van der Waals surface area contributed by atoms with E-state index in [2.05, 4.69) is 16.6 Å². The summed E-state index contributed by atoms with van der Waals surface area (Å²) in [6, 6.07) is 5.46. The van der Waals surface area contributed by atoms with Gasteiger partial charge in [0.1, 0.15) is 0 Å². The van der Waals surface area contributed by atoms with Gasteiger partial charge in [0.2, 0.25) is 0 Å². The molecule has 1 aromatic carbocycles. The number of carbonyl (C=O) groups excluding carboxylic acids is 1. The number of rotatable bonds is 3. The number of hydrogen-bond donors (Lipinski definition) is 3. The lowest BCUT2D eigenvalue weighted by atomic mass is 10.1. The van der Waals surface area contributed by atoms with Crippen molar-refractivity contribution in [1.29, 1.82) is 0 Å². The first-order chi connectivity index (χ1) is 8.34. The summed E-state index contributed by atoms with van der Waals surface area (Å²) < 4.78 is 0. The highest BCUT2D eigenvalue weighted by Crippen LogP contribution is 2.11. The molecule has 0 fully saturated rings. The third kappa shape index (κ3) is 3.83. The molecule has 0 aliphatic rings. The summed E-state index contributed by atoms with van der Waals surface area (Å²) in [4.78, 5) is 22.4. The van der Waals surface area contributed by atoms with Gasteiger partial charge in [-0.2, -0.15) is 0 Å². The van der Waals surface area contributed by atoms with Crippen molar-refractivity contribution in [3.05, 3.63) is 29.8 Å². The van der Waals surface area contributed by atoms with Gasteiger partial charge in [-0.05, 0) is 32.0 Å². The summed E-state index contributed by atoms with van der Waals surface area (Å²) >= 11 is 0. The lowest BCUT2D eigenvalue weighted by molar-refractivity contribution is 0.0697. The van der Waals surface area contributed by atoms with Gasteiger partial charge in [-0.25, -0.2) is 9.59 Å². The van der Waals surface area contributed by atoms with E-state index in [0.29, 0.717) is 5.69 Å². The Morgan fingerprint density at radius 1 is 1.39 bits per heavy atom. The van der Waals surface area contributed by atoms with Crippen molar-refractivity contribution in [1.82, 2.24) is 5.32 Å². The van der Waals surface area contributed by atoms with Crippen molar-refractivity contribution in [2.24, 2.45) is 0 Å². The quantitative estimate of drug-likeness (QED) is 0.713. The number of benzene rings is 1. The molecule has 0 spiro atoms. The maximum absolute atomic E-state index is 11.6. The summed E-state index contributed by atoms with van der Waals surface area (Å²) in [5.74, 6) is 1.37. The van der Waals surface area contributed by atoms with E-state index in [1.807, 2.05) is 0 Å². The van der Waals surface area contributed by atoms with Crippen molar-refractivity contribution >= 4 is 17.7 Å². The molecule has 3 N–H and O–H groups in total. The molecule has 0 saturated heterocycles. The number of carboxylic acid groups (broad SMARTS) is 1. The molecule has 0 saturated carbocycles. The Balaban J connectivity index is 2.74. The van der Waals surface area contributed by atoms with Crippen LogP contribution in [0.5, 0.6) is 0 Å². The highest BCUT2D eigenvalue weighted by molar-refractivity contribution is 5.93. The van der Waals surface area contributed by atoms with Crippen LogP contribution in [-0.2, 0) is 0 Å². The predicted octanol–water partition coefficient (Wildman–Crippen LogP) is 1.92. The molecule has 1 aromatic rings. The third-order valence-electron chi connectivity index (χ3n) is 2.15. The van der Waals surface area contributed by atoms with Crippen LogP contribution < -0.4 is 10.6 Å². The van der Waals surface area contributed by atoms with Gasteiger partial charge in [-0.15, -0.1) is 6.42 Å². The molecule has 94 valence electrons. The van der Waals surface area contributed by atoms with E-state index < -0.39 is 17.5 Å². The van der Waals surface area contributed by atoms with Crippen LogP contribution in [0.2, 0.25) is 0 Å². The Hall–Kier alpha value is -2.48. The van der Waals surface area contributed by atoms with Gasteiger partial charge in [0.25, 0.3) is 0 Å². The minimum Gasteiger partial charge on any atom is -0.478 e. The monoisotopic (exact) mass is 246 g/mol. The van der Waals surface area contributed by atoms with Gasteiger partial charge in [-0.1, -0.05) is 12.0 Å². The molecule has 0 aromatic heterocycles. The van der Waals surface area contributed by atoms with Gasteiger partial charge in [-0.3, -0.25) is 0 Å². The van der Waals surface area contributed by atoms with Crippen molar-refractivity contribution in [2.75, 3.05) is 5.32 Å². The van der Waals surface area contributed by atoms with Crippen LogP contribution in [-0.4, -0.2) is 22.6 Å². The van der Waals surface area contributed by atoms with E-state index in [4.69, 9.17) is 11.5 Å². The van der Waals surface area contributed by atoms with Gasteiger partial charge >= 0.3 is 12.0 Å². The van der Waals surface area contributed by atoms with Gasteiger partial charge in [0, 0.05) is 5.69 Å². The number of nitrogens with one attached hydrogen (secondary N) is 2. The second-order valence-corrected chi connectivity index (χ2v) is 4.23. The fraction of sp³-hybridized carbons (Fsp3) is 0.231. The lowest BCUT2D eigenvalue weighted by Crippen LogP contribution is -2.44. The van der Waals surface area contributed by atoms with E-state index in [0.717, 1.165) is 0 Å². The standard InChI is InChI=1S/C13H14N2O3/c1-4-13(2,3)15-12(18)14-10-7-5-6-9(8-10)11(16)17/h1,5-8H,2-3H3,(H,16,17)(H2,14,15,18). The Kier molecular flexibility index (Phi) is 3.95. The number of aromatic carboxylic acids is 1. The van der Waals surface area contributed by atoms with Crippen molar-refractivity contribution in [3.63, 3.8) is 0 Å². The third-order valence-corrected chi connectivity index (χ3v) is 2.15. The second kappa shape index (κ2) is 5.23. The fourth-order valence-electron chi connectivity index (χ4n) is 1.21. The van der Waals surface area contributed by atoms with E-state index in [1.165, 1.54) is 12.1 Å². The van der Waals surface area contributed by atoms with Crippen molar-refractivity contribution < 1.29 is 14.7 Å². The zero-order valence-corrected chi connectivity index (χ0v) is 10.2. The summed E-state index contributed by atoms with van der Waals surface area (Å²) in [7, 11) is 0. The van der Waals surface area contributed by atoms with Crippen LogP contribution in [0.25, 0.3) is 0 Å². The topological polar surface area (TPSA) is 78.4 Å². The molecule has 0 bridgehead atoms. The largest absolute Gasteiger partial charge is 0.478 e. The van der Waals surface area contributed by atoms with Crippen molar-refractivity contribution in [2.45, 2.75) is 19.4 Å². The zero-order valence-electron chi connectivity index (χ0n) is 10.2. The number of carbonyl (C=O) groups is 2. The fourth-order valence-corrected chi connectivity index (χ4v) is 1.21. The molecule has 0 aliphatic carbocycles. The minimum absolute atomic E-state index is 0.101. The molecule has 1 rings (SSSR count). The number of carboxylic acids is 1. The molecule has 5 nitrogen and oxygen atoms in total. The first kappa shape index (κ1) is 13.6. The molecule has 0 radical (unpaired) electrons. The number of anilines is 1. The molecule has 5 heteroatoms. The molecule has 18 heavy (non-hydrogen) atoms. The number of hydrogen-bond acceptors (Lipinski definition) is 2. The molecular weight excluding hydrogens is 232 g/mol. The first-order valence-corrected chi connectivity index (χ1v) is 5.24. The maximum Gasteiger partial charge on any atom is 0.335 e. The lowest BCUT2D eigenvalue weighted by Gasteiger charge is -2.19. The van der Waals surface area contributed by atoms with E-state index in [9.17, 15) is 9.59 Å². The highest BCUT2D eigenvalue weighted by Gasteiger charge is 2.16. The zero-order chi connectivity index (χ0) is 13.8. The smallest absolute Gasteiger partial charge is 0.335 e. The first-order valence-electron chi connectivity index (χ1n) is 5.24.